The highest BCUT2D eigenvalue weighted by Gasteiger charge is 2.60. The quantitative estimate of drug-likeness (QED) is 0.793. The van der Waals surface area contributed by atoms with E-state index in [1.807, 2.05) is 0 Å². The molecule has 2 bridgehead atoms. The first kappa shape index (κ1) is 16.3. The number of fused-ring (bicyclic) bond motifs is 2. The summed E-state index contributed by atoms with van der Waals surface area (Å²) in [6.07, 6.45) is 4.26. The van der Waals surface area contributed by atoms with Crippen molar-refractivity contribution in [1.82, 2.24) is 10.2 Å². The van der Waals surface area contributed by atoms with E-state index in [4.69, 9.17) is 0 Å². The Morgan fingerprint density at radius 2 is 1.70 bits per heavy atom. The molecule has 0 aliphatic heterocycles. The maximum atomic E-state index is 3.91. The van der Waals surface area contributed by atoms with Gasteiger partial charge in [0.25, 0.3) is 0 Å². The zero-order valence-electron chi connectivity index (χ0n) is 14.8. The van der Waals surface area contributed by atoms with Crippen LogP contribution in [0.25, 0.3) is 0 Å². The molecule has 1 N–H and O–H groups in total. The summed E-state index contributed by atoms with van der Waals surface area (Å²) in [5, 5.41) is 3.91. The molecule has 0 amide bonds. The van der Waals surface area contributed by atoms with E-state index in [-0.39, 0.29) is 0 Å². The van der Waals surface area contributed by atoms with Gasteiger partial charge in [0.1, 0.15) is 0 Å². The van der Waals surface area contributed by atoms with Crippen LogP contribution in [-0.2, 0) is 0 Å². The number of nitrogens with one attached hydrogen (secondary N) is 1. The Morgan fingerprint density at radius 1 is 1.10 bits per heavy atom. The van der Waals surface area contributed by atoms with E-state index in [0.29, 0.717) is 22.9 Å². The molecule has 2 heteroatoms. The van der Waals surface area contributed by atoms with Crippen molar-refractivity contribution in [3.8, 4) is 0 Å². The standard InChI is InChI=1S/C18H36N2/c1-13(2)20(14(3)4)11-10-19-16-12-15-8-9-18(16,7)17(15,5)6/h13-16,19H,8-12H2,1-7H3. The van der Waals surface area contributed by atoms with Gasteiger partial charge in [-0.2, -0.15) is 0 Å². The number of rotatable bonds is 6. The van der Waals surface area contributed by atoms with Gasteiger partial charge in [0.15, 0.2) is 0 Å². The normalized spacial score (nSPS) is 35.7. The largest absolute Gasteiger partial charge is 0.312 e. The van der Waals surface area contributed by atoms with Crippen molar-refractivity contribution < 1.29 is 0 Å². The SMILES string of the molecule is CC(C)N(CCNC1CC2CCC1(C)C2(C)C)C(C)C. The molecule has 0 aromatic carbocycles. The van der Waals surface area contributed by atoms with E-state index < -0.39 is 0 Å². The van der Waals surface area contributed by atoms with Gasteiger partial charge in [-0.1, -0.05) is 20.8 Å². The first-order chi connectivity index (χ1) is 9.20. The molecular weight excluding hydrogens is 244 g/mol. The highest BCUT2D eigenvalue weighted by atomic mass is 15.2. The summed E-state index contributed by atoms with van der Waals surface area (Å²) in [7, 11) is 0. The third-order valence-electron chi connectivity index (χ3n) is 6.88. The minimum absolute atomic E-state index is 0.512. The van der Waals surface area contributed by atoms with E-state index >= 15 is 0 Å². The molecule has 0 heterocycles. The van der Waals surface area contributed by atoms with Crippen LogP contribution in [-0.4, -0.2) is 36.1 Å². The lowest BCUT2D eigenvalue weighted by molar-refractivity contribution is 0.114. The smallest absolute Gasteiger partial charge is 0.0129 e. The Labute approximate surface area is 126 Å². The van der Waals surface area contributed by atoms with Crippen molar-refractivity contribution in [1.29, 1.82) is 0 Å². The van der Waals surface area contributed by atoms with Gasteiger partial charge in [-0.15, -0.1) is 0 Å². The predicted octanol–water partition coefficient (Wildman–Crippen LogP) is 3.91. The highest BCUT2D eigenvalue weighted by Crippen LogP contribution is 2.65. The average molecular weight is 280 g/mol. The molecule has 3 unspecified atom stereocenters. The molecule has 20 heavy (non-hydrogen) atoms. The van der Waals surface area contributed by atoms with Crippen molar-refractivity contribution >= 4 is 0 Å². The molecule has 0 spiro atoms. The summed E-state index contributed by atoms with van der Waals surface area (Å²) < 4.78 is 0. The lowest BCUT2D eigenvalue weighted by Crippen LogP contribution is -2.48. The molecule has 2 saturated carbocycles. The first-order valence-corrected chi connectivity index (χ1v) is 8.69. The molecule has 0 radical (unpaired) electrons. The van der Waals surface area contributed by atoms with Gasteiger partial charge >= 0.3 is 0 Å². The molecule has 0 saturated heterocycles. The first-order valence-electron chi connectivity index (χ1n) is 8.69. The molecule has 2 nitrogen and oxygen atoms in total. The van der Waals surface area contributed by atoms with Gasteiger partial charge in [-0.3, -0.25) is 4.90 Å². The number of hydrogen-bond donors (Lipinski definition) is 1. The van der Waals surface area contributed by atoms with Gasteiger partial charge in [-0.05, 0) is 63.7 Å². The van der Waals surface area contributed by atoms with E-state index in [2.05, 4.69) is 58.7 Å². The molecule has 2 aliphatic carbocycles. The zero-order valence-corrected chi connectivity index (χ0v) is 14.8. The van der Waals surface area contributed by atoms with Crippen LogP contribution in [0.15, 0.2) is 0 Å². The minimum Gasteiger partial charge on any atom is -0.312 e. The minimum atomic E-state index is 0.512. The molecule has 0 aromatic heterocycles. The second kappa shape index (κ2) is 5.61. The lowest BCUT2D eigenvalue weighted by Gasteiger charge is -2.40. The highest BCUT2D eigenvalue weighted by molar-refractivity contribution is 5.12. The van der Waals surface area contributed by atoms with Crippen molar-refractivity contribution in [3.63, 3.8) is 0 Å². The van der Waals surface area contributed by atoms with Crippen LogP contribution in [0.3, 0.4) is 0 Å². The second-order valence-corrected chi connectivity index (χ2v) is 8.54. The third-order valence-corrected chi connectivity index (χ3v) is 6.88. The fourth-order valence-corrected chi connectivity index (χ4v) is 4.99. The Kier molecular flexibility index (Phi) is 4.57. The Bertz CT molecular complexity index is 326. The maximum Gasteiger partial charge on any atom is 0.0129 e. The zero-order chi connectivity index (χ0) is 15.1. The van der Waals surface area contributed by atoms with Gasteiger partial charge in [0.2, 0.25) is 0 Å². The second-order valence-electron chi connectivity index (χ2n) is 8.54. The van der Waals surface area contributed by atoms with Crippen molar-refractivity contribution in [2.45, 2.75) is 85.9 Å². The van der Waals surface area contributed by atoms with E-state index in [1.165, 1.54) is 25.8 Å². The van der Waals surface area contributed by atoms with Crippen LogP contribution in [0.5, 0.6) is 0 Å². The molecule has 2 rings (SSSR count). The van der Waals surface area contributed by atoms with Gasteiger partial charge < -0.3 is 5.32 Å². The number of hydrogen-bond acceptors (Lipinski definition) is 2. The predicted molar refractivity (Wildman–Crippen MR) is 88.0 cm³/mol. The fourth-order valence-electron chi connectivity index (χ4n) is 4.99. The van der Waals surface area contributed by atoms with Gasteiger partial charge in [-0.25, -0.2) is 0 Å². The lowest BCUT2D eigenvalue weighted by atomic mass is 9.69. The van der Waals surface area contributed by atoms with Crippen molar-refractivity contribution in [3.05, 3.63) is 0 Å². The Hall–Kier alpha value is -0.0800. The van der Waals surface area contributed by atoms with E-state index in [0.717, 1.165) is 18.5 Å². The Morgan fingerprint density at radius 3 is 2.10 bits per heavy atom. The molecule has 118 valence electrons. The number of nitrogens with zero attached hydrogens (tertiary/aromatic N) is 1. The van der Waals surface area contributed by atoms with Crippen LogP contribution >= 0.6 is 0 Å². The van der Waals surface area contributed by atoms with Crippen molar-refractivity contribution in [2.24, 2.45) is 16.7 Å². The third kappa shape index (κ3) is 2.54. The van der Waals surface area contributed by atoms with E-state index in [9.17, 15) is 0 Å². The molecule has 2 aliphatic rings. The summed E-state index contributed by atoms with van der Waals surface area (Å²) >= 11 is 0. The Balaban J connectivity index is 1.87. The molecule has 3 atom stereocenters. The molecular formula is C18H36N2. The topological polar surface area (TPSA) is 15.3 Å². The van der Waals surface area contributed by atoms with Gasteiger partial charge in [0, 0.05) is 31.2 Å². The summed E-state index contributed by atoms with van der Waals surface area (Å²) in [6.45, 7) is 19.1. The van der Waals surface area contributed by atoms with Gasteiger partial charge in [0.05, 0.1) is 0 Å². The molecule has 0 aromatic rings. The van der Waals surface area contributed by atoms with Crippen LogP contribution in [0, 0.1) is 16.7 Å². The summed E-state index contributed by atoms with van der Waals surface area (Å²) in [6, 6.07) is 2.02. The van der Waals surface area contributed by atoms with Crippen LogP contribution in [0.1, 0.15) is 67.7 Å². The summed E-state index contributed by atoms with van der Waals surface area (Å²) in [5.41, 5.74) is 1.04. The summed E-state index contributed by atoms with van der Waals surface area (Å²) in [5.74, 6) is 0.941. The maximum absolute atomic E-state index is 3.91. The summed E-state index contributed by atoms with van der Waals surface area (Å²) in [4.78, 5) is 2.59. The average Bonchev–Trinajstić information content (AvgIpc) is 2.66. The fraction of sp³-hybridized carbons (Fsp3) is 1.00. The van der Waals surface area contributed by atoms with E-state index in [1.54, 1.807) is 0 Å². The monoisotopic (exact) mass is 280 g/mol. The van der Waals surface area contributed by atoms with Crippen molar-refractivity contribution in [2.75, 3.05) is 13.1 Å². The molecule has 2 fully saturated rings. The van der Waals surface area contributed by atoms with Crippen LogP contribution < -0.4 is 5.32 Å². The van der Waals surface area contributed by atoms with Crippen LogP contribution in [0.2, 0.25) is 0 Å². The van der Waals surface area contributed by atoms with Crippen LogP contribution in [0.4, 0.5) is 0 Å².